The summed E-state index contributed by atoms with van der Waals surface area (Å²) in [7, 11) is -8.78. The van der Waals surface area contributed by atoms with Crippen molar-refractivity contribution in [3.05, 3.63) is 144 Å². The molecular weight excluding hydrogens is 773 g/mol. The third kappa shape index (κ3) is 8.33. The largest absolute Gasteiger partial charge is 0.294 e. The van der Waals surface area contributed by atoms with Crippen molar-refractivity contribution in [1.82, 2.24) is 0 Å². The fourth-order valence-electron chi connectivity index (χ4n) is 6.21. The lowest BCUT2D eigenvalue weighted by molar-refractivity contribution is -0.118. The second-order valence-electron chi connectivity index (χ2n) is 13.0. The first kappa shape index (κ1) is 38.7. The maximum atomic E-state index is 13.2. The summed E-state index contributed by atoms with van der Waals surface area (Å²) in [5.41, 5.74) is 5.37. The Balaban J connectivity index is 1.05. The molecule has 16 nitrogen and oxygen atoms in total. The van der Waals surface area contributed by atoms with E-state index in [1.165, 1.54) is 48.5 Å². The van der Waals surface area contributed by atoms with Crippen molar-refractivity contribution in [2.24, 2.45) is 30.7 Å². The Labute approximate surface area is 327 Å². The normalized spacial score (nSPS) is 18.1. The Morgan fingerprint density at radius 2 is 0.877 bits per heavy atom. The molecular formula is C39H32N8O8S2. The van der Waals surface area contributed by atoms with Gasteiger partial charge in [0.1, 0.15) is 0 Å². The van der Waals surface area contributed by atoms with Crippen LogP contribution in [0.4, 0.5) is 22.7 Å². The first-order valence-corrected chi connectivity index (χ1v) is 20.1. The molecule has 288 valence electrons. The molecule has 2 aliphatic rings. The van der Waals surface area contributed by atoms with Gasteiger partial charge in [-0.15, -0.1) is 0 Å². The van der Waals surface area contributed by atoms with Crippen LogP contribution in [-0.4, -0.2) is 61.3 Å². The summed E-state index contributed by atoms with van der Waals surface area (Å²) < 4.78 is 64.1. The molecule has 7 rings (SSSR count). The molecule has 5 aromatic rings. The fraction of sp³-hybridized carbons (Fsp3) is 0.128. The van der Waals surface area contributed by atoms with Gasteiger partial charge >= 0.3 is 0 Å². The van der Waals surface area contributed by atoms with E-state index in [0.29, 0.717) is 34.2 Å². The van der Waals surface area contributed by atoms with E-state index in [4.69, 9.17) is 0 Å². The van der Waals surface area contributed by atoms with Gasteiger partial charge in [0.05, 0.1) is 44.0 Å². The van der Waals surface area contributed by atoms with Gasteiger partial charge in [-0.05, 0) is 103 Å². The predicted octanol–water partition coefficient (Wildman–Crippen LogP) is 7.11. The zero-order valence-corrected chi connectivity index (χ0v) is 31.7. The van der Waals surface area contributed by atoms with E-state index in [0.717, 1.165) is 26.7 Å². The van der Waals surface area contributed by atoms with Crippen molar-refractivity contribution in [3.63, 3.8) is 0 Å². The van der Waals surface area contributed by atoms with Crippen molar-refractivity contribution in [2.75, 3.05) is 10.0 Å². The van der Waals surface area contributed by atoms with Gasteiger partial charge in [-0.3, -0.25) is 18.7 Å². The van der Waals surface area contributed by atoms with Crippen LogP contribution in [0.1, 0.15) is 36.5 Å². The highest BCUT2D eigenvalue weighted by molar-refractivity contribution is 7.86. The number of hydrogen-bond acceptors (Lipinski definition) is 12. The van der Waals surface area contributed by atoms with Crippen LogP contribution < -0.4 is 10.0 Å². The second-order valence-corrected chi connectivity index (χ2v) is 15.8. The number of carbonyl (C=O) groups is 2. The summed E-state index contributed by atoms with van der Waals surface area (Å²) in [6.45, 7) is 3.29. The third-order valence-corrected chi connectivity index (χ3v) is 10.8. The van der Waals surface area contributed by atoms with E-state index in [1.54, 1.807) is 38.1 Å². The molecule has 2 heterocycles. The monoisotopic (exact) mass is 804 g/mol. The van der Waals surface area contributed by atoms with E-state index in [2.05, 4.69) is 30.7 Å². The van der Waals surface area contributed by atoms with Gasteiger partial charge in [0, 0.05) is 5.92 Å². The van der Waals surface area contributed by atoms with Crippen LogP contribution in [0.15, 0.2) is 168 Å². The molecule has 0 unspecified atom stereocenters. The van der Waals surface area contributed by atoms with Crippen LogP contribution in [-0.2, 0) is 29.8 Å². The van der Waals surface area contributed by atoms with E-state index < -0.39 is 44.1 Å². The zero-order chi connectivity index (χ0) is 40.5. The number of hydrogen-bond donors (Lipinski definition) is 2. The Morgan fingerprint density at radius 1 is 0.526 bits per heavy atom. The molecule has 0 bridgehead atoms. The summed E-state index contributed by atoms with van der Waals surface area (Å²) >= 11 is 0. The topological polar surface area (TPSA) is 224 Å². The highest BCUT2D eigenvalue weighted by atomic mass is 32.2. The molecule has 0 aromatic heterocycles. The Bertz CT molecular complexity index is 2520. The number of benzene rings is 5. The number of anilines is 2. The average Bonchev–Trinajstić information content (AvgIpc) is 3.65. The van der Waals surface area contributed by atoms with E-state index >= 15 is 0 Å². The smallest absolute Gasteiger partial charge is 0.282 e. The fourth-order valence-corrected chi connectivity index (χ4v) is 7.17. The van der Waals surface area contributed by atoms with Crippen LogP contribution in [0, 0.1) is 0 Å². The van der Waals surface area contributed by atoms with Crippen molar-refractivity contribution in [3.8, 4) is 0 Å². The summed E-state index contributed by atoms with van der Waals surface area (Å²) in [5, 5.41) is 27.9. The molecule has 2 N–H and O–H groups in total. The molecule has 0 saturated carbocycles. The van der Waals surface area contributed by atoms with E-state index in [9.17, 15) is 35.5 Å². The minimum Gasteiger partial charge on any atom is -0.282 e. The molecule has 57 heavy (non-hydrogen) atoms. The van der Waals surface area contributed by atoms with Crippen molar-refractivity contribution in [1.29, 1.82) is 0 Å². The van der Waals surface area contributed by atoms with Gasteiger partial charge in [-0.1, -0.05) is 54.6 Å². The molecule has 0 aliphatic carbocycles. The number of carbonyl (C=O) groups excluding carboxylic acids is 2. The summed E-state index contributed by atoms with van der Waals surface area (Å²) in [6.07, 6.45) is 0. The number of hydrazone groups is 2. The van der Waals surface area contributed by atoms with Gasteiger partial charge in [-0.2, -0.15) is 57.5 Å². The van der Waals surface area contributed by atoms with E-state index in [-0.39, 0.29) is 15.7 Å². The zero-order valence-electron chi connectivity index (χ0n) is 30.1. The summed E-state index contributed by atoms with van der Waals surface area (Å²) in [6, 6.07) is 33.0. The SMILES string of the molecule is CC1=NN(c2ccc(S(=O)(=O)O)cc2)C(=O)[C@H]1N=Nc1ccc(C(c2ccccc2)c2ccc(N=N[C@@H]3C(=O)N(c4ccc(S(=O)(=O)O)cc4)N=C3C)cc2)cc1. The number of nitrogens with zero attached hydrogens (tertiary/aromatic N) is 8. The maximum absolute atomic E-state index is 13.2. The lowest BCUT2D eigenvalue weighted by atomic mass is 9.85. The van der Waals surface area contributed by atoms with Crippen LogP contribution in [0.3, 0.4) is 0 Å². The number of amides is 2. The van der Waals surface area contributed by atoms with Crippen LogP contribution in [0.25, 0.3) is 0 Å². The molecule has 0 spiro atoms. The Kier molecular flexibility index (Phi) is 10.5. The van der Waals surface area contributed by atoms with Crippen molar-refractivity contribution in [2.45, 2.75) is 41.6 Å². The quantitative estimate of drug-likeness (QED) is 0.0793. The van der Waals surface area contributed by atoms with Crippen LogP contribution in [0.2, 0.25) is 0 Å². The van der Waals surface area contributed by atoms with Gasteiger partial charge in [0.15, 0.2) is 12.1 Å². The van der Waals surface area contributed by atoms with Crippen LogP contribution >= 0.6 is 0 Å². The standard InChI is InChI=1S/C39H32N8O8S2/c1-24-36(38(48)46(44-24)31-16-20-33(21-17-31)56(50,51)52)42-40-29-12-8-27(9-13-29)35(26-6-4-3-5-7-26)28-10-14-30(15-11-28)41-43-37-25(2)45-47(39(37)49)32-18-22-34(23-19-32)57(53,54)55/h3-23,35-37H,1-2H3,(H,50,51,52)(H,53,54,55)/t35?,36-,37-/m0/s1. The Hall–Kier alpha value is -6.60. The van der Waals surface area contributed by atoms with E-state index in [1.807, 2.05) is 54.6 Å². The van der Waals surface area contributed by atoms with Gasteiger partial charge in [-0.25, -0.2) is 0 Å². The summed E-state index contributed by atoms with van der Waals surface area (Å²) in [5.74, 6) is -1.11. The Morgan fingerprint density at radius 3 is 1.23 bits per heavy atom. The average molecular weight is 805 g/mol. The maximum Gasteiger partial charge on any atom is 0.294 e. The highest BCUT2D eigenvalue weighted by Crippen LogP contribution is 2.34. The molecule has 18 heteroatoms. The molecule has 0 radical (unpaired) electrons. The molecule has 0 saturated heterocycles. The number of azo groups is 2. The van der Waals surface area contributed by atoms with Crippen molar-refractivity contribution >= 4 is 66.2 Å². The van der Waals surface area contributed by atoms with Crippen molar-refractivity contribution < 1.29 is 35.5 Å². The second kappa shape index (κ2) is 15.5. The minimum atomic E-state index is -4.39. The first-order valence-electron chi connectivity index (χ1n) is 17.2. The lowest BCUT2D eigenvalue weighted by Crippen LogP contribution is -2.29. The van der Waals surface area contributed by atoms with Gasteiger partial charge in [0.25, 0.3) is 32.1 Å². The molecule has 0 fully saturated rings. The number of rotatable bonds is 11. The molecule has 2 atom stereocenters. The van der Waals surface area contributed by atoms with Gasteiger partial charge < -0.3 is 0 Å². The lowest BCUT2D eigenvalue weighted by Gasteiger charge is -2.19. The minimum absolute atomic E-state index is 0.179. The predicted molar refractivity (Wildman–Crippen MR) is 211 cm³/mol. The highest BCUT2D eigenvalue weighted by Gasteiger charge is 2.36. The summed E-state index contributed by atoms with van der Waals surface area (Å²) in [4.78, 5) is 25.7. The van der Waals surface area contributed by atoms with Gasteiger partial charge in [0.2, 0.25) is 0 Å². The van der Waals surface area contributed by atoms with Crippen LogP contribution in [0.5, 0.6) is 0 Å². The molecule has 2 amide bonds. The molecule has 5 aromatic carbocycles. The first-order chi connectivity index (χ1) is 27.2. The third-order valence-electron chi connectivity index (χ3n) is 9.11. The molecule has 2 aliphatic heterocycles.